The van der Waals surface area contributed by atoms with Crippen LogP contribution in [0.3, 0.4) is 0 Å². The SMILES string of the molecule is Cc1cc(-c2ccc(Nc3ccccc3)cc2)nn1COCC[Si](C)(C)C. The Morgan fingerprint density at radius 1 is 0.963 bits per heavy atom. The average Bonchev–Trinajstić information content (AvgIpc) is 3.00. The highest BCUT2D eigenvalue weighted by Crippen LogP contribution is 2.23. The van der Waals surface area contributed by atoms with Crippen LogP contribution in [0.1, 0.15) is 5.69 Å². The standard InChI is InChI=1S/C22H29N3OSi/c1-18-16-22(24-25(18)17-26-14-15-27(2,3)4)19-10-12-21(13-11-19)23-20-8-6-5-7-9-20/h5-13,16,23H,14-15,17H2,1-4H3. The Morgan fingerprint density at radius 2 is 1.63 bits per heavy atom. The van der Waals surface area contributed by atoms with Crippen LogP contribution >= 0.6 is 0 Å². The van der Waals surface area contributed by atoms with Crippen molar-refractivity contribution in [1.29, 1.82) is 0 Å². The van der Waals surface area contributed by atoms with Crippen molar-refractivity contribution in [2.75, 3.05) is 11.9 Å². The number of rotatable bonds is 8. The minimum Gasteiger partial charge on any atom is -0.360 e. The number of aryl methyl sites for hydroxylation is 1. The molecule has 0 saturated heterocycles. The van der Waals surface area contributed by atoms with Crippen LogP contribution in [0.25, 0.3) is 11.3 Å². The first-order valence-corrected chi connectivity index (χ1v) is 13.2. The first-order chi connectivity index (χ1) is 12.9. The molecule has 0 unspecified atom stereocenters. The van der Waals surface area contributed by atoms with E-state index in [1.807, 2.05) is 22.9 Å². The summed E-state index contributed by atoms with van der Waals surface area (Å²) in [5.41, 5.74) is 5.35. The van der Waals surface area contributed by atoms with E-state index >= 15 is 0 Å². The van der Waals surface area contributed by atoms with E-state index in [4.69, 9.17) is 9.84 Å². The molecule has 0 aliphatic heterocycles. The fourth-order valence-corrected chi connectivity index (χ4v) is 3.48. The fourth-order valence-electron chi connectivity index (χ4n) is 2.72. The van der Waals surface area contributed by atoms with Crippen LogP contribution in [-0.4, -0.2) is 24.5 Å². The predicted octanol–water partition coefficient (Wildman–Crippen LogP) is 5.91. The van der Waals surface area contributed by atoms with Crippen LogP contribution in [0.5, 0.6) is 0 Å². The molecule has 3 aromatic rings. The van der Waals surface area contributed by atoms with Crippen molar-refractivity contribution in [3.63, 3.8) is 0 Å². The Morgan fingerprint density at radius 3 is 2.30 bits per heavy atom. The summed E-state index contributed by atoms with van der Waals surface area (Å²) in [7, 11) is -1.05. The van der Waals surface area contributed by atoms with E-state index in [1.54, 1.807) is 0 Å². The number of para-hydroxylation sites is 1. The van der Waals surface area contributed by atoms with E-state index in [9.17, 15) is 0 Å². The van der Waals surface area contributed by atoms with Gasteiger partial charge in [-0.1, -0.05) is 50.0 Å². The minimum atomic E-state index is -1.05. The molecule has 27 heavy (non-hydrogen) atoms. The fraction of sp³-hybridized carbons (Fsp3) is 0.318. The maximum absolute atomic E-state index is 5.84. The number of hydrogen-bond donors (Lipinski definition) is 1. The van der Waals surface area contributed by atoms with Crippen LogP contribution in [0, 0.1) is 6.92 Å². The molecular weight excluding hydrogens is 350 g/mol. The molecule has 0 saturated carbocycles. The number of ether oxygens (including phenoxy) is 1. The van der Waals surface area contributed by atoms with Gasteiger partial charge in [-0.05, 0) is 43.3 Å². The predicted molar refractivity (Wildman–Crippen MR) is 116 cm³/mol. The maximum Gasteiger partial charge on any atom is 0.139 e. The van der Waals surface area contributed by atoms with Crippen LogP contribution in [0.2, 0.25) is 25.7 Å². The van der Waals surface area contributed by atoms with Gasteiger partial charge in [0.15, 0.2) is 0 Å². The van der Waals surface area contributed by atoms with Gasteiger partial charge >= 0.3 is 0 Å². The highest BCUT2D eigenvalue weighted by Gasteiger charge is 2.12. The topological polar surface area (TPSA) is 39.1 Å². The molecule has 3 rings (SSSR count). The third kappa shape index (κ3) is 5.81. The van der Waals surface area contributed by atoms with Gasteiger partial charge in [0.2, 0.25) is 0 Å². The van der Waals surface area contributed by atoms with E-state index < -0.39 is 8.07 Å². The van der Waals surface area contributed by atoms with Crippen LogP contribution in [0.15, 0.2) is 60.7 Å². The summed E-state index contributed by atoms with van der Waals surface area (Å²) in [4.78, 5) is 0. The Balaban J connectivity index is 1.61. The van der Waals surface area contributed by atoms with Crippen LogP contribution < -0.4 is 5.32 Å². The molecule has 0 spiro atoms. The summed E-state index contributed by atoms with van der Waals surface area (Å²) in [6.07, 6.45) is 0. The highest BCUT2D eigenvalue weighted by molar-refractivity contribution is 6.76. The van der Waals surface area contributed by atoms with Crippen molar-refractivity contribution in [3.8, 4) is 11.3 Å². The Bertz CT molecular complexity index is 852. The molecule has 4 nitrogen and oxygen atoms in total. The zero-order chi connectivity index (χ0) is 19.3. The molecule has 0 amide bonds. The van der Waals surface area contributed by atoms with Crippen molar-refractivity contribution < 1.29 is 4.74 Å². The summed E-state index contributed by atoms with van der Waals surface area (Å²) >= 11 is 0. The van der Waals surface area contributed by atoms with E-state index in [2.05, 4.69) is 74.3 Å². The zero-order valence-corrected chi connectivity index (χ0v) is 17.7. The second-order valence-corrected chi connectivity index (χ2v) is 13.7. The normalized spacial score (nSPS) is 11.6. The monoisotopic (exact) mass is 379 g/mol. The van der Waals surface area contributed by atoms with Gasteiger partial charge in [0.05, 0.1) is 5.69 Å². The van der Waals surface area contributed by atoms with Crippen LogP contribution in [0.4, 0.5) is 11.4 Å². The van der Waals surface area contributed by atoms with E-state index in [0.717, 1.165) is 34.9 Å². The van der Waals surface area contributed by atoms with Gasteiger partial charge in [0, 0.05) is 37.3 Å². The molecule has 1 heterocycles. The molecule has 0 aliphatic carbocycles. The lowest BCUT2D eigenvalue weighted by Crippen LogP contribution is -2.22. The van der Waals surface area contributed by atoms with Gasteiger partial charge in [-0.2, -0.15) is 5.10 Å². The summed E-state index contributed by atoms with van der Waals surface area (Å²) in [5, 5.41) is 8.11. The maximum atomic E-state index is 5.84. The minimum absolute atomic E-state index is 0.518. The highest BCUT2D eigenvalue weighted by atomic mass is 28.3. The van der Waals surface area contributed by atoms with Gasteiger partial charge in [-0.25, -0.2) is 4.68 Å². The van der Waals surface area contributed by atoms with Gasteiger partial charge < -0.3 is 10.1 Å². The Kier molecular flexibility index (Phi) is 6.14. The first kappa shape index (κ1) is 19.4. The van der Waals surface area contributed by atoms with Crippen LogP contribution in [-0.2, 0) is 11.5 Å². The first-order valence-electron chi connectivity index (χ1n) is 9.45. The molecule has 0 aliphatic rings. The molecule has 0 fully saturated rings. The third-order valence-corrected chi connectivity index (χ3v) is 6.14. The molecule has 1 aromatic heterocycles. The quantitative estimate of drug-likeness (QED) is 0.390. The van der Waals surface area contributed by atoms with Gasteiger partial charge in [0.1, 0.15) is 6.73 Å². The summed E-state index contributed by atoms with van der Waals surface area (Å²) in [6.45, 7) is 10.5. The molecule has 2 aromatic carbocycles. The summed E-state index contributed by atoms with van der Waals surface area (Å²) in [5.74, 6) is 0. The van der Waals surface area contributed by atoms with E-state index in [0.29, 0.717) is 6.73 Å². The molecule has 5 heteroatoms. The number of nitrogens with one attached hydrogen (secondary N) is 1. The van der Waals surface area contributed by atoms with Gasteiger partial charge in [-0.3, -0.25) is 0 Å². The molecule has 0 atom stereocenters. The molecule has 142 valence electrons. The van der Waals surface area contributed by atoms with Crippen molar-refractivity contribution in [2.45, 2.75) is 39.3 Å². The third-order valence-electron chi connectivity index (χ3n) is 4.43. The lowest BCUT2D eigenvalue weighted by Gasteiger charge is -2.15. The molecule has 1 N–H and O–H groups in total. The zero-order valence-electron chi connectivity index (χ0n) is 16.7. The van der Waals surface area contributed by atoms with Crippen molar-refractivity contribution in [1.82, 2.24) is 9.78 Å². The number of nitrogens with zero attached hydrogens (tertiary/aromatic N) is 2. The number of hydrogen-bond acceptors (Lipinski definition) is 3. The van der Waals surface area contributed by atoms with E-state index in [-0.39, 0.29) is 0 Å². The lowest BCUT2D eigenvalue weighted by molar-refractivity contribution is 0.0773. The Labute approximate surface area is 163 Å². The second-order valence-electron chi connectivity index (χ2n) is 8.09. The number of anilines is 2. The molecular formula is C22H29N3OSi. The second kappa shape index (κ2) is 8.54. The molecule has 0 bridgehead atoms. The van der Waals surface area contributed by atoms with Gasteiger partial charge in [0.25, 0.3) is 0 Å². The largest absolute Gasteiger partial charge is 0.360 e. The molecule has 0 radical (unpaired) electrons. The van der Waals surface area contributed by atoms with Crippen molar-refractivity contribution in [2.24, 2.45) is 0 Å². The van der Waals surface area contributed by atoms with Gasteiger partial charge in [-0.15, -0.1) is 0 Å². The van der Waals surface area contributed by atoms with Crippen molar-refractivity contribution in [3.05, 3.63) is 66.4 Å². The average molecular weight is 380 g/mol. The lowest BCUT2D eigenvalue weighted by atomic mass is 10.1. The van der Waals surface area contributed by atoms with Crippen molar-refractivity contribution >= 4 is 19.4 Å². The Hall–Kier alpha value is -2.37. The number of aromatic nitrogens is 2. The summed E-state index contributed by atoms with van der Waals surface area (Å²) in [6, 6.07) is 21.8. The summed E-state index contributed by atoms with van der Waals surface area (Å²) < 4.78 is 7.78. The number of benzene rings is 2. The smallest absolute Gasteiger partial charge is 0.139 e. The van der Waals surface area contributed by atoms with E-state index in [1.165, 1.54) is 6.04 Å².